The summed E-state index contributed by atoms with van der Waals surface area (Å²) >= 11 is 6.04. The number of aromatic amines is 1. The number of ether oxygens (including phenoxy) is 1. The van der Waals surface area contributed by atoms with Gasteiger partial charge >= 0.3 is 0 Å². The third-order valence-electron chi connectivity index (χ3n) is 5.83. The zero-order valence-corrected chi connectivity index (χ0v) is 18.8. The van der Waals surface area contributed by atoms with E-state index in [2.05, 4.69) is 10.3 Å². The van der Waals surface area contributed by atoms with Crippen LogP contribution in [-0.4, -0.2) is 54.0 Å². The average Bonchev–Trinajstić information content (AvgIpc) is 3.15. The topological polar surface area (TPSA) is 74.4 Å². The maximum Gasteiger partial charge on any atom is 0.270 e. The van der Waals surface area contributed by atoms with E-state index < -0.39 is 0 Å². The van der Waals surface area contributed by atoms with Crippen molar-refractivity contribution in [2.45, 2.75) is 46.1 Å². The number of fused-ring (bicyclic) bond motifs is 1. The monoisotopic (exact) mass is 433 g/mol. The van der Waals surface area contributed by atoms with Crippen LogP contribution >= 0.6 is 11.6 Å². The van der Waals surface area contributed by atoms with Gasteiger partial charge in [-0.1, -0.05) is 18.5 Å². The van der Waals surface area contributed by atoms with E-state index in [0.717, 1.165) is 30.2 Å². The van der Waals surface area contributed by atoms with E-state index in [1.807, 2.05) is 49.9 Å². The van der Waals surface area contributed by atoms with E-state index in [-0.39, 0.29) is 23.8 Å². The highest BCUT2D eigenvalue weighted by atomic mass is 35.5. The second-order valence-electron chi connectivity index (χ2n) is 8.40. The molecule has 2 aromatic rings. The molecule has 2 N–H and O–H groups in total. The van der Waals surface area contributed by atoms with Crippen molar-refractivity contribution in [1.82, 2.24) is 15.2 Å². The van der Waals surface area contributed by atoms with E-state index >= 15 is 0 Å². The standard InChI is InChI=1S/C23H32ClN3O3/c1-15(2)30-12-4-9-25-22(28)16(3)17-7-10-27(11-8-17)23(29)21-14-18-13-19(24)5-6-20(18)26-21/h5-6,13-17,26H,4,7-12H2,1-3H3,(H,25,28)/t16-/m0/s1. The van der Waals surface area contributed by atoms with E-state index in [1.165, 1.54) is 0 Å². The molecule has 1 saturated heterocycles. The first kappa shape index (κ1) is 22.6. The van der Waals surface area contributed by atoms with Gasteiger partial charge in [-0.15, -0.1) is 0 Å². The molecule has 1 fully saturated rings. The second kappa shape index (κ2) is 10.3. The minimum atomic E-state index is -0.0523. The number of nitrogens with one attached hydrogen (secondary N) is 2. The fourth-order valence-corrected chi connectivity index (χ4v) is 4.15. The Labute approximate surface area is 183 Å². The largest absolute Gasteiger partial charge is 0.379 e. The van der Waals surface area contributed by atoms with Gasteiger partial charge in [-0.05, 0) is 63.3 Å². The zero-order valence-electron chi connectivity index (χ0n) is 18.0. The van der Waals surface area contributed by atoms with Crippen molar-refractivity contribution in [2.24, 2.45) is 11.8 Å². The number of hydrogen-bond donors (Lipinski definition) is 2. The number of H-pyrrole nitrogens is 1. The third-order valence-corrected chi connectivity index (χ3v) is 6.07. The lowest BCUT2D eigenvalue weighted by Gasteiger charge is -2.34. The summed E-state index contributed by atoms with van der Waals surface area (Å²) in [6.07, 6.45) is 2.71. The van der Waals surface area contributed by atoms with Gasteiger partial charge in [0.2, 0.25) is 5.91 Å². The lowest BCUT2D eigenvalue weighted by molar-refractivity contribution is -0.126. The van der Waals surface area contributed by atoms with Crippen molar-refractivity contribution in [2.75, 3.05) is 26.2 Å². The van der Waals surface area contributed by atoms with Crippen molar-refractivity contribution < 1.29 is 14.3 Å². The Balaban J connectivity index is 1.46. The summed E-state index contributed by atoms with van der Waals surface area (Å²) in [7, 11) is 0. The van der Waals surface area contributed by atoms with E-state index in [4.69, 9.17) is 16.3 Å². The molecule has 164 valence electrons. The van der Waals surface area contributed by atoms with Crippen LogP contribution in [0.15, 0.2) is 24.3 Å². The molecule has 1 atom stereocenters. The number of hydrogen-bond acceptors (Lipinski definition) is 3. The van der Waals surface area contributed by atoms with Crippen LogP contribution in [0.25, 0.3) is 10.9 Å². The first-order valence-corrected chi connectivity index (χ1v) is 11.2. The first-order valence-electron chi connectivity index (χ1n) is 10.8. The van der Waals surface area contributed by atoms with Gasteiger partial charge in [-0.3, -0.25) is 9.59 Å². The van der Waals surface area contributed by atoms with Gasteiger partial charge in [0.25, 0.3) is 5.91 Å². The number of benzene rings is 1. The Kier molecular flexibility index (Phi) is 7.78. The summed E-state index contributed by atoms with van der Waals surface area (Å²) in [6, 6.07) is 7.40. The van der Waals surface area contributed by atoms with Crippen LogP contribution in [0, 0.1) is 11.8 Å². The van der Waals surface area contributed by atoms with E-state index in [0.29, 0.717) is 42.9 Å². The summed E-state index contributed by atoms with van der Waals surface area (Å²) < 4.78 is 5.50. The van der Waals surface area contributed by atoms with Crippen LogP contribution in [0.5, 0.6) is 0 Å². The number of aromatic nitrogens is 1. The molecule has 6 nitrogen and oxygen atoms in total. The molecule has 0 bridgehead atoms. The molecule has 1 aromatic heterocycles. The van der Waals surface area contributed by atoms with Crippen LogP contribution in [0.1, 0.15) is 50.5 Å². The molecule has 2 amide bonds. The van der Waals surface area contributed by atoms with E-state index in [1.54, 1.807) is 0 Å². The molecule has 2 heterocycles. The number of piperidine rings is 1. The summed E-state index contributed by atoms with van der Waals surface area (Å²) in [4.78, 5) is 30.4. The molecule has 0 radical (unpaired) electrons. The smallest absolute Gasteiger partial charge is 0.270 e. The first-order chi connectivity index (χ1) is 14.3. The van der Waals surface area contributed by atoms with Gasteiger partial charge in [-0.2, -0.15) is 0 Å². The van der Waals surface area contributed by atoms with Gasteiger partial charge in [0, 0.05) is 48.1 Å². The maximum absolute atomic E-state index is 12.9. The number of likely N-dealkylation sites (tertiary alicyclic amines) is 1. The normalized spacial score (nSPS) is 16.2. The van der Waals surface area contributed by atoms with E-state index in [9.17, 15) is 9.59 Å². The lowest BCUT2D eigenvalue weighted by Crippen LogP contribution is -2.43. The van der Waals surface area contributed by atoms with Crippen molar-refractivity contribution in [3.05, 3.63) is 35.0 Å². The Bertz CT molecular complexity index is 872. The Hall–Kier alpha value is -2.05. The molecular formula is C23H32ClN3O3. The fourth-order valence-electron chi connectivity index (χ4n) is 3.97. The second-order valence-corrected chi connectivity index (χ2v) is 8.83. The van der Waals surface area contributed by atoms with Gasteiger partial charge in [-0.25, -0.2) is 0 Å². The number of halogens is 1. The highest BCUT2D eigenvalue weighted by Gasteiger charge is 2.30. The Morgan fingerprint density at radius 3 is 2.67 bits per heavy atom. The highest BCUT2D eigenvalue weighted by Crippen LogP contribution is 2.27. The molecule has 1 aromatic carbocycles. The zero-order chi connectivity index (χ0) is 21.7. The predicted molar refractivity (Wildman–Crippen MR) is 120 cm³/mol. The number of nitrogens with zero attached hydrogens (tertiary/aromatic N) is 1. The molecule has 0 aliphatic carbocycles. The quantitative estimate of drug-likeness (QED) is 0.611. The molecule has 0 saturated carbocycles. The fraction of sp³-hybridized carbons (Fsp3) is 0.565. The van der Waals surface area contributed by atoms with Gasteiger partial charge in [0.15, 0.2) is 0 Å². The molecule has 0 unspecified atom stereocenters. The minimum Gasteiger partial charge on any atom is -0.379 e. The SMILES string of the molecule is CC(C)OCCCNC(=O)[C@@H](C)C1CCN(C(=O)c2cc3cc(Cl)ccc3[nH]2)CC1. The van der Waals surface area contributed by atoms with Crippen LogP contribution in [0.2, 0.25) is 5.02 Å². The summed E-state index contributed by atoms with van der Waals surface area (Å²) in [5.74, 6) is 0.339. The van der Waals surface area contributed by atoms with Gasteiger partial charge in [0.05, 0.1) is 6.10 Å². The molecule has 30 heavy (non-hydrogen) atoms. The van der Waals surface area contributed by atoms with Gasteiger partial charge < -0.3 is 19.9 Å². The Morgan fingerprint density at radius 1 is 1.23 bits per heavy atom. The van der Waals surface area contributed by atoms with Crippen molar-refractivity contribution in [3.63, 3.8) is 0 Å². The third kappa shape index (κ3) is 5.76. The summed E-state index contributed by atoms with van der Waals surface area (Å²) in [5, 5.41) is 4.61. The number of rotatable bonds is 8. The van der Waals surface area contributed by atoms with Gasteiger partial charge in [0.1, 0.15) is 5.69 Å². The predicted octanol–water partition coefficient (Wildman–Crippen LogP) is 4.24. The molecule has 1 aliphatic heterocycles. The molecule has 0 spiro atoms. The van der Waals surface area contributed by atoms with Crippen molar-refractivity contribution in [3.8, 4) is 0 Å². The molecule has 1 aliphatic rings. The van der Waals surface area contributed by atoms with Crippen LogP contribution < -0.4 is 5.32 Å². The van der Waals surface area contributed by atoms with Crippen molar-refractivity contribution in [1.29, 1.82) is 0 Å². The molecular weight excluding hydrogens is 402 g/mol. The summed E-state index contributed by atoms with van der Waals surface area (Å²) in [5.41, 5.74) is 1.49. The van der Waals surface area contributed by atoms with Crippen LogP contribution in [-0.2, 0) is 9.53 Å². The molecule has 3 rings (SSSR count). The summed E-state index contributed by atoms with van der Waals surface area (Å²) in [6.45, 7) is 8.63. The number of carbonyl (C=O) groups excluding carboxylic acids is 2. The highest BCUT2D eigenvalue weighted by molar-refractivity contribution is 6.31. The minimum absolute atomic E-state index is 0.00281. The van der Waals surface area contributed by atoms with Crippen molar-refractivity contribution >= 4 is 34.3 Å². The van der Waals surface area contributed by atoms with Crippen LogP contribution in [0.3, 0.4) is 0 Å². The number of carbonyl (C=O) groups is 2. The van der Waals surface area contributed by atoms with Crippen LogP contribution in [0.4, 0.5) is 0 Å². The lowest BCUT2D eigenvalue weighted by atomic mass is 9.84. The average molecular weight is 434 g/mol. The Morgan fingerprint density at radius 2 is 1.97 bits per heavy atom. The maximum atomic E-state index is 12.9. The molecule has 7 heteroatoms. The number of amides is 2.